The number of aliphatic hydroxyl groups is 2. The lowest BCUT2D eigenvalue weighted by Gasteiger charge is -2.49. The van der Waals surface area contributed by atoms with E-state index >= 15 is 0 Å². The summed E-state index contributed by atoms with van der Waals surface area (Å²) in [5.74, 6) is -3.01. The molecule has 0 bridgehead atoms. The van der Waals surface area contributed by atoms with Crippen molar-refractivity contribution in [3.8, 4) is 17.4 Å². The zero-order valence-corrected chi connectivity index (χ0v) is 29.0. The molecule has 2 fully saturated rings. The molecule has 4 N–H and O–H groups in total. The Bertz CT molecular complexity index is 1640. The van der Waals surface area contributed by atoms with Gasteiger partial charge in [-0.3, -0.25) is 19.3 Å². The van der Waals surface area contributed by atoms with E-state index in [1.807, 2.05) is 13.8 Å². The molecule has 1 aromatic heterocycles. The maximum absolute atomic E-state index is 14.7. The Labute approximate surface area is 286 Å². The molecular formula is C36H48N4O9. The quantitative estimate of drug-likeness (QED) is 0.184. The number of aliphatic hydroxyl groups excluding tert-OH is 1. The van der Waals surface area contributed by atoms with Crippen LogP contribution in [-0.2, 0) is 16.0 Å². The minimum absolute atomic E-state index is 0.0507. The summed E-state index contributed by atoms with van der Waals surface area (Å²) in [5, 5.41) is 34.8. The number of fused-ring (bicyclic) bond motifs is 4. The first-order valence-electron chi connectivity index (χ1n) is 17.5. The molecule has 2 aromatic rings. The third kappa shape index (κ3) is 5.89. The minimum Gasteiger partial charge on any atom is -0.507 e. The van der Waals surface area contributed by atoms with Crippen molar-refractivity contribution < 1.29 is 43.3 Å². The number of benzene rings is 1. The molecule has 266 valence electrons. The minimum atomic E-state index is -2.51. The first-order valence-corrected chi connectivity index (χ1v) is 17.5. The number of ether oxygens (including phenoxy) is 3. The number of carbonyl (C=O) groups is 3. The zero-order chi connectivity index (χ0) is 35.0. The lowest BCUT2D eigenvalue weighted by atomic mass is 9.57. The number of anilines is 1. The third-order valence-electron chi connectivity index (χ3n) is 10.4. The number of rotatable bonds is 12. The predicted octanol–water partition coefficient (Wildman–Crippen LogP) is 4.38. The van der Waals surface area contributed by atoms with Crippen molar-refractivity contribution >= 4 is 28.9 Å². The summed E-state index contributed by atoms with van der Waals surface area (Å²) in [6.07, 6.45) is 6.18. The molecule has 49 heavy (non-hydrogen) atoms. The van der Waals surface area contributed by atoms with E-state index in [2.05, 4.69) is 15.8 Å². The molecule has 5 atom stereocenters. The van der Waals surface area contributed by atoms with Crippen molar-refractivity contribution in [3.05, 3.63) is 34.1 Å². The van der Waals surface area contributed by atoms with Gasteiger partial charge in [0.1, 0.15) is 17.1 Å². The van der Waals surface area contributed by atoms with Gasteiger partial charge in [-0.25, -0.2) is 0 Å². The Morgan fingerprint density at radius 2 is 1.86 bits per heavy atom. The Kier molecular flexibility index (Phi) is 10.1. The van der Waals surface area contributed by atoms with Crippen LogP contribution in [0.2, 0.25) is 0 Å². The van der Waals surface area contributed by atoms with Crippen LogP contribution in [0, 0.1) is 11.8 Å². The van der Waals surface area contributed by atoms with Crippen molar-refractivity contribution in [1.82, 2.24) is 15.4 Å². The Balaban J connectivity index is 1.47. The second-order valence-corrected chi connectivity index (χ2v) is 13.8. The number of aromatic nitrogens is 1. The van der Waals surface area contributed by atoms with Crippen molar-refractivity contribution in [2.75, 3.05) is 46.3 Å². The highest BCUT2D eigenvalue weighted by atomic mass is 16.5. The van der Waals surface area contributed by atoms with E-state index in [0.717, 1.165) is 32.2 Å². The van der Waals surface area contributed by atoms with Gasteiger partial charge in [0.15, 0.2) is 17.1 Å². The maximum atomic E-state index is 14.7. The van der Waals surface area contributed by atoms with Gasteiger partial charge in [0.2, 0.25) is 17.5 Å². The van der Waals surface area contributed by atoms with E-state index in [4.69, 9.17) is 18.7 Å². The van der Waals surface area contributed by atoms with E-state index in [-0.39, 0.29) is 65.5 Å². The van der Waals surface area contributed by atoms with Crippen LogP contribution < -0.4 is 24.8 Å². The Hall–Kier alpha value is -3.94. The molecule has 13 heteroatoms. The third-order valence-corrected chi connectivity index (χ3v) is 10.4. The number of piperidine rings is 1. The zero-order valence-electron chi connectivity index (χ0n) is 29.0. The van der Waals surface area contributed by atoms with Crippen LogP contribution in [0.5, 0.6) is 17.4 Å². The van der Waals surface area contributed by atoms with Crippen molar-refractivity contribution in [2.24, 2.45) is 11.8 Å². The van der Waals surface area contributed by atoms with Crippen LogP contribution in [0.1, 0.15) is 98.5 Å². The SMILES string of the molecule is CCCCOc1noc2c1C(=O)[C@@]1(O)C(=O)C3=C(O)c4c(c(OC)cc(NC(=O)C5CCCCN5)c4OCCCC)C[C@H]3C[C@H]1[C@@H]2N(C)C. The molecule has 0 spiro atoms. The topological polar surface area (TPSA) is 173 Å². The van der Waals surface area contributed by atoms with Gasteiger partial charge in [0.25, 0.3) is 5.88 Å². The number of carbonyl (C=O) groups excluding carboxylic acids is 3. The fourth-order valence-corrected chi connectivity index (χ4v) is 7.90. The van der Waals surface area contributed by atoms with Crippen LogP contribution in [0.4, 0.5) is 5.69 Å². The first kappa shape index (κ1) is 34.9. The van der Waals surface area contributed by atoms with Gasteiger partial charge in [0, 0.05) is 23.1 Å². The number of methoxy groups -OCH3 is 1. The number of amides is 1. The Morgan fingerprint density at radius 3 is 2.51 bits per heavy atom. The average Bonchev–Trinajstić information content (AvgIpc) is 3.50. The summed E-state index contributed by atoms with van der Waals surface area (Å²) in [6, 6.07) is 0.638. The summed E-state index contributed by atoms with van der Waals surface area (Å²) in [4.78, 5) is 44.1. The van der Waals surface area contributed by atoms with Crippen molar-refractivity contribution in [2.45, 2.75) is 89.3 Å². The average molecular weight is 681 g/mol. The largest absolute Gasteiger partial charge is 0.507 e. The summed E-state index contributed by atoms with van der Waals surface area (Å²) in [6.45, 7) is 5.35. The lowest BCUT2D eigenvalue weighted by Crippen LogP contribution is -2.63. The van der Waals surface area contributed by atoms with E-state index in [1.54, 1.807) is 25.1 Å². The molecule has 1 unspecified atom stereocenters. The smallest absolute Gasteiger partial charge is 0.265 e. The number of hydrogen-bond donors (Lipinski definition) is 4. The standard InChI is InChI=1S/C36H48N4O9/c1-6-8-14-47-30-23(38-34(44)22-12-10-11-13-37-22)18-24(46-5)20-16-19-17-21-28(40(3)4)31-27(35(39-49-31)48-15-9-7-2)33(43)36(21,45)32(42)25(19)29(41)26(20)30/h18-19,21-22,28,37,41,45H,6-17H2,1-5H3,(H,38,44)/t19-,21-,22?,28-,36-/m0/s1. The van der Waals surface area contributed by atoms with E-state index in [0.29, 0.717) is 42.9 Å². The molecule has 6 rings (SSSR count). The molecule has 2 heterocycles. The van der Waals surface area contributed by atoms with Crippen LogP contribution in [0.3, 0.4) is 0 Å². The second kappa shape index (κ2) is 14.1. The fourth-order valence-electron chi connectivity index (χ4n) is 7.90. The second-order valence-electron chi connectivity index (χ2n) is 13.8. The van der Waals surface area contributed by atoms with Crippen LogP contribution in [-0.4, -0.2) is 90.3 Å². The van der Waals surface area contributed by atoms with Gasteiger partial charge >= 0.3 is 0 Å². The fraction of sp³-hybridized carbons (Fsp3) is 0.611. The van der Waals surface area contributed by atoms with Gasteiger partial charge in [-0.15, -0.1) is 0 Å². The number of unbranched alkanes of at least 4 members (excludes halogenated alkanes) is 2. The molecule has 0 radical (unpaired) electrons. The molecule has 4 aliphatic rings. The molecule has 1 aromatic carbocycles. The summed E-state index contributed by atoms with van der Waals surface area (Å²) in [5.41, 5.74) is -1.49. The summed E-state index contributed by atoms with van der Waals surface area (Å²) < 4.78 is 23.6. The molecule has 1 saturated heterocycles. The summed E-state index contributed by atoms with van der Waals surface area (Å²) >= 11 is 0. The highest BCUT2D eigenvalue weighted by Gasteiger charge is 2.65. The molecule has 3 aliphatic carbocycles. The molecule has 13 nitrogen and oxygen atoms in total. The predicted molar refractivity (Wildman–Crippen MR) is 180 cm³/mol. The number of nitrogens with one attached hydrogen (secondary N) is 2. The molecule has 1 aliphatic heterocycles. The van der Waals surface area contributed by atoms with Gasteiger partial charge < -0.3 is 39.6 Å². The molecule has 1 saturated carbocycles. The number of hydrogen-bond acceptors (Lipinski definition) is 12. The van der Waals surface area contributed by atoms with Gasteiger partial charge in [0.05, 0.1) is 43.7 Å². The van der Waals surface area contributed by atoms with E-state index in [1.165, 1.54) is 7.11 Å². The number of Topliss-reactive ketones (excluding diaryl/α,β-unsaturated/α-hetero) is 2. The van der Waals surface area contributed by atoms with E-state index in [9.17, 15) is 24.6 Å². The van der Waals surface area contributed by atoms with Gasteiger partial charge in [-0.2, -0.15) is 0 Å². The van der Waals surface area contributed by atoms with Crippen LogP contribution in [0.15, 0.2) is 16.2 Å². The highest BCUT2D eigenvalue weighted by molar-refractivity contribution is 6.26. The molecular weight excluding hydrogens is 632 g/mol. The maximum Gasteiger partial charge on any atom is 0.265 e. The summed E-state index contributed by atoms with van der Waals surface area (Å²) in [7, 11) is 5.09. The van der Waals surface area contributed by atoms with Crippen molar-refractivity contribution in [1.29, 1.82) is 0 Å². The first-order chi connectivity index (χ1) is 23.6. The number of nitrogens with zero attached hydrogens (tertiary/aromatic N) is 2. The lowest BCUT2D eigenvalue weighted by molar-refractivity contribution is -0.142. The molecule has 1 amide bonds. The number of ketones is 2. The highest BCUT2D eigenvalue weighted by Crippen LogP contribution is 2.57. The monoisotopic (exact) mass is 680 g/mol. The Morgan fingerprint density at radius 1 is 1.12 bits per heavy atom. The van der Waals surface area contributed by atoms with E-state index < -0.39 is 40.8 Å². The van der Waals surface area contributed by atoms with Gasteiger partial charge in [-0.05, 0) is 70.2 Å². The van der Waals surface area contributed by atoms with Crippen LogP contribution >= 0.6 is 0 Å². The normalized spacial score (nSPS) is 26.1. The van der Waals surface area contributed by atoms with Gasteiger partial charge in [-0.1, -0.05) is 33.1 Å². The van der Waals surface area contributed by atoms with Crippen LogP contribution in [0.25, 0.3) is 5.76 Å². The van der Waals surface area contributed by atoms with Crippen molar-refractivity contribution in [3.63, 3.8) is 0 Å².